The quantitative estimate of drug-likeness (QED) is 0.291. The van der Waals surface area contributed by atoms with Gasteiger partial charge in [-0.15, -0.1) is 12.6 Å². The molecule has 4 rings (SSSR count). The second-order valence-electron chi connectivity index (χ2n) is 8.54. The number of carbonyl (C=O) groups is 1. The van der Waals surface area contributed by atoms with Gasteiger partial charge in [0.1, 0.15) is 12.1 Å². The molecule has 7 heteroatoms. The van der Waals surface area contributed by atoms with Crippen molar-refractivity contribution in [3.05, 3.63) is 76.2 Å². The highest BCUT2D eigenvalue weighted by Gasteiger charge is 2.14. The average Bonchev–Trinajstić information content (AvgIpc) is 3.13. The smallest absolute Gasteiger partial charge is 0.216 e. The number of hydrogen-bond acceptors (Lipinski definition) is 4. The number of rotatable bonds is 7. The number of thiol groups is 1. The molecule has 5 nitrogen and oxygen atoms in total. The fraction of sp³-hybridized carbons (Fsp3) is 0.269. The second-order valence-corrected chi connectivity index (χ2v) is 9.35. The molecule has 0 bridgehead atoms. The van der Waals surface area contributed by atoms with Gasteiger partial charge in [0.15, 0.2) is 0 Å². The molecule has 0 saturated heterocycles. The van der Waals surface area contributed by atoms with Crippen molar-refractivity contribution in [2.75, 3.05) is 11.9 Å². The van der Waals surface area contributed by atoms with Crippen LogP contribution in [0.5, 0.6) is 0 Å². The third-order valence-corrected chi connectivity index (χ3v) is 6.49. The largest absolute Gasteiger partial charge is 0.368 e. The van der Waals surface area contributed by atoms with Gasteiger partial charge < -0.3 is 9.88 Å². The standard InChI is InChI=1S/C26H27ClN4OS/c1-15(2)20-12-18(6-7-19(20)26(32)33)23-13-24(30-14-29-23)28-9-10-31-17(4)11-21-16(3)5-8-22(27)25(21)31/h5-8,11-15H,9-10H2,1-4H3,(H,32,33)(H,28,29,30). The van der Waals surface area contributed by atoms with E-state index in [0.29, 0.717) is 12.1 Å². The highest BCUT2D eigenvalue weighted by atomic mass is 35.5. The van der Waals surface area contributed by atoms with Gasteiger partial charge >= 0.3 is 0 Å². The number of nitrogens with one attached hydrogen (secondary N) is 1. The summed E-state index contributed by atoms with van der Waals surface area (Å²) in [6.45, 7) is 9.78. The summed E-state index contributed by atoms with van der Waals surface area (Å²) in [5.74, 6) is 0.947. The maximum atomic E-state index is 11.9. The SMILES string of the molecule is Cc1ccc(Cl)c2c1cc(C)n2CCNc1cc(-c2ccc(C(=O)S)c(C(C)C)c2)ncn1. The third kappa shape index (κ3) is 4.77. The van der Waals surface area contributed by atoms with Crippen molar-refractivity contribution < 1.29 is 4.79 Å². The maximum absolute atomic E-state index is 11.9. The van der Waals surface area contributed by atoms with E-state index in [-0.39, 0.29) is 11.0 Å². The Morgan fingerprint density at radius 1 is 1.12 bits per heavy atom. The van der Waals surface area contributed by atoms with Gasteiger partial charge in [0.05, 0.1) is 16.2 Å². The van der Waals surface area contributed by atoms with Crippen molar-refractivity contribution in [2.24, 2.45) is 0 Å². The molecule has 0 aliphatic carbocycles. The van der Waals surface area contributed by atoms with E-state index >= 15 is 0 Å². The molecule has 1 N–H and O–H groups in total. The molecule has 0 amide bonds. The zero-order chi connectivity index (χ0) is 23.7. The molecular weight excluding hydrogens is 452 g/mol. The number of hydrogen-bond donors (Lipinski definition) is 2. The number of halogens is 1. The topological polar surface area (TPSA) is 59.8 Å². The van der Waals surface area contributed by atoms with Crippen molar-refractivity contribution in [1.29, 1.82) is 0 Å². The summed E-state index contributed by atoms with van der Waals surface area (Å²) in [5, 5.41) is 5.13. The van der Waals surface area contributed by atoms with Gasteiger partial charge in [-0.3, -0.25) is 4.79 Å². The van der Waals surface area contributed by atoms with Crippen LogP contribution in [-0.2, 0) is 6.54 Å². The Labute approximate surface area is 204 Å². The van der Waals surface area contributed by atoms with Gasteiger partial charge in [-0.25, -0.2) is 9.97 Å². The number of aryl methyl sites for hydroxylation is 2. The van der Waals surface area contributed by atoms with Gasteiger partial charge in [0.25, 0.3) is 0 Å². The lowest BCUT2D eigenvalue weighted by molar-refractivity contribution is 0.109. The van der Waals surface area contributed by atoms with E-state index in [2.05, 4.69) is 72.3 Å². The summed E-state index contributed by atoms with van der Waals surface area (Å²) >= 11 is 10.5. The highest BCUT2D eigenvalue weighted by molar-refractivity contribution is 7.97. The van der Waals surface area contributed by atoms with Crippen LogP contribution in [0.25, 0.3) is 22.2 Å². The molecule has 0 aliphatic rings. The van der Waals surface area contributed by atoms with Crippen LogP contribution in [0.15, 0.2) is 48.8 Å². The normalized spacial score (nSPS) is 11.4. The molecule has 4 aromatic rings. The van der Waals surface area contributed by atoms with Crippen LogP contribution < -0.4 is 5.32 Å². The van der Waals surface area contributed by atoms with Crippen LogP contribution in [0.2, 0.25) is 5.02 Å². The molecule has 0 radical (unpaired) electrons. The van der Waals surface area contributed by atoms with Gasteiger partial charge in [-0.1, -0.05) is 37.6 Å². The Hall–Kier alpha value is -2.83. The third-order valence-electron chi connectivity index (χ3n) is 5.94. The summed E-state index contributed by atoms with van der Waals surface area (Å²) in [6.07, 6.45) is 1.56. The maximum Gasteiger partial charge on any atom is 0.216 e. The molecule has 0 saturated carbocycles. The highest BCUT2D eigenvalue weighted by Crippen LogP contribution is 2.30. The Kier molecular flexibility index (Phi) is 6.77. The van der Waals surface area contributed by atoms with Crippen LogP contribution in [0, 0.1) is 13.8 Å². The molecule has 2 heterocycles. The first-order valence-electron chi connectivity index (χ1n) is 10.9. The number of carbonyl (C=O) groups excluding carboxylic acids is 1. The fourth-order valence-corrected chi connectivity index (χ4v) is 4.66. The Morgan fingerprint density at radius 3 is 2.64 bits per heavy atom. The van der Waals surface area contributed by atoms with Gasteiger partial charge in [0.2, 0.25) is 5.12 Å². The van der Waals surface area contributed by atoms with Crippen molar-refractivity contribution >= 4 is 46.1 Å². The summed E-state index contributed by atoms with van der Waals surface area (Å²) in [7, 11) is 0. The lowest BCUT2D eigenvalue weighted by Crippen LogP contribution is -2.12. The van der Waals surface area contributed by atoms with E-state index in [9.17, 15) is 4.79 Å². The van der Waals surface area contributed by atoms with Crippen molar-refractivity contribution in [3.8, 4) is 11.3 Å². The monoisotopic (exact) mass is 478 g/mol. The van der Waals surface area contributed by atoms with Crippen LogP contribution in [-0.4, -0.2) is 26.2 Å². The first-order valence-corrected chi connectivity index (χ1v) is 11.8. The Bertz CT molecular complexity index is 1350. The summed E-state index contributed by atoms with van der Waals surface area (Å²) < 4.78 is 2.24. The molecule has 0 spiro atoms. The minimum absolute atomic E-state index is 0.200. The number of anilines is 1. The molecule has 2 aromatic carbocycles. The zero-order valence-electron chi connectivity index (χ0n) is 19.2. The number of nitrogens with zero attached hydrogens (tertiary/aromatic N) is 3. The first kappa shape index (κ1) is 23.3. The Balaban J connectivity index is 1.54. The predicted octanol–water partition coefficient (Wildman–Crippen LogP) is 6.67. The first-order chi connectivity index (χ1) is 15.8. The van der Waals surface area contributed by atoms with E-state index in [1.807, 2.05) is 30.3 Å². The number of fused-ring (bicyclic) bond motifs is 1. The Morgan fingerprint density at radius 2 is 1.91 bits per heavy atom. The van der Waals surface area contributed by atoms with Gasteiger partial charge in [-0.2, -0.15) is 0 Å². The summed E-state index contributed by atoms with van der Waals surface area (Å²) in [5.41, 5.74) is 6.79. The average molecular weight is 479 g/mol. The van der Waals surface area contributed by atoms with Crippen LogP contribution >= 0.6 is 24.2 Å². The van der Waals surface area contributed by atoms with E-state index in [0.717, 1.165) is 39.7 Å². The van der Waals surface area contributed by atoms with Crippen molar-refractivity contribution in [2.45, 2.75) is 40.2 Å². The molecule has 0 unspecified atom stereocenters. The van der Waals surface area contributed by atoms with E-state index < -0.39 is 0 Å². The second kappa shape index (κ2) is 9.57. The minimum atomic E-state index is -0.224. The molecular formula is C26H27ClN4OS. The molecule has 0 fully saturated rings. The van der Waals surface area contributed by atoms with Gasteiger partial charge in [0, 0.05) is 41.4 Å². The van der Waals surface area contributed by atoms with Crippen LogP contribution in [0.4, 0.5) is 5.82 Å². The zero-order valence-corrected chi connectivity index (χ0v) is 20.8. The van der Waals surface area contributed by atoms with Crippen molar-refractivity contribution in [1.82, 2.24) is 14.5 Å². The molecule has 2 aromatic heterocycles. The lowest BCUT2D eigenvalue weighted by atomic mass is 9.94. The molecule has 170 valence electrons. The summed E-state index contributed by atoms with van der Waals surface area (Å²) in [4.78, 5) is 20.7. The minimum Gasteiger partial charge on any atom is -0.368 e. The predicted molar refractivity (Wildman–Crippen MR) is 140 cm³/mol. The summed E-state index contributed by atoms with van der Waals surface area (Å²) in [6, 6.07) is 13.9. The van der Waals surface area contributed by atoms with Crippen LogP contribution in [0.1, 0.15) is 46.9 Å². The van der Waals surface area contributed by atoms with E-state index in [1.54, 1.807) is 6.33 Å². The van der Waals surface area contributed by atoms with E-state index in [1.165, 1.54) is 16.6 Å². The molecule has 33 heavy (non-hydrogen) atoms. The molecule has 0 atom stereocenters. The number of benzene rings is 2. The van der Waals surface area contributed by atoms with Crippen molar-refractivity contribution in [3.63, 3.8) is 0 Å². The van der Waals surface area contributed by atoms with Crippen LogP contribution in [0.3, 0.4) is 0 Å². The van der Waals surface area contributed by atoms with E-state index in [4.69, 9.17) is 11.6 Å². The number of aromatic nitrogens is 3. The molecule has 0 aliphatic heterocycles. The van der Waals surface area contributed by atoms with Gasteiger partial charge in [-0.05, 0) is 55.2 Å². The fourth-order valence-electron chi connectivity index (χ4n) is 4.19. The lowest BCUT2D eigenvalue weighted by Gasteiger charge is -2.13.